The van der Waals surface area contributed by atoms with E-state index >= 15 is 0 Å². The molecule has 0 N–H and O–H groups in total. The molecule has 0 bridgehead atoms. The number of aldehydes is 1. The molecule has 0 spiro atoms. The summed E-state index contributed by atoms with van der Waals surface area (Å²) in [6, 6.07) is 17.4. The summed E-state index contributed by atoms with van der Waals surface area (Å²) in [5, 5.41) is 0. The van der Waals surface area contributed by atoms with Gasteiger partial charge < -0.3 is 9.47 Å². The van der Waals surface area contributed by atoms with Crippen LogP contribution >= 0.6 is 0 Å². The molecule has 0 heterocycles. The van der Waals surface area contributed by atoms with Crippen molar-refractivity contribution in [3.05, 3.63) is 94.5 Å². The van der Waals surface area contributed by atoms with Crippen molar-refractivity contribution in [1.82, 2.24) is 0 Å². The fourth-order valence-electron chi connectivity index (χ4n) is 2.92. The van der Waals surface area contributed by atoms with Gasteiger partial charge in [0.1, 0.15) is 23.7 Å². The zero-order chi connectivity index (χ0) is 21.7. The molecule has 0 saturated heterocycles. The van der Waals surface area contributed by atoms with Crippen LogP contribution in [0.25, 0.3) is 0 Å². The lowest BCUT2D eigenvalue weighted by molar-refractivity contribution is -0.137. The predicted octanol–water partition coefficient (Wildman–Crippen LogP) is 5.62. The van der Waals surface area contributed by atoms with Crippen molar-refractivity contribution in [3.8, 4) is 11.5 Å². The summed E-state index contributed by atoms with van der Waals surface area (Å²) >= 11 is 0. The number of hydrogen-bond acceptors (Lipinski definition) is 4. The lowest BCUT2D eigenvalue weighted by Crippen LogP contribution is -2.17. The normalized spacial score (nSPS) is 11.1. The monoisotopic (exact) mass is 414 g/mol. The summed E-state index contributed by atoms with van der Waals surface area (Å²) in [7, 11) is 0. The van der Waals surface area contributed by atoms with Gasteiger partial charge in [0.2, 0.25) is 0 Å². The topological polar surface area (TPSA) is 52.6 Å². The summed E-state index contributed by atoms with van der Waals surface area (Å²) in [5.74, 6) is -0.979. The van der Waals surface area contributed by atoms with E-state index in [9.17, 15) is 22.8 Å². The Balaban J connectivity index is 2.07. The second-order valence-corrected chi connectivity index (χ2v) is 6.43. The fourth-order valence-corrected chi connectivity index (χ4v) is 2.92. The van der Waals surface area contributed by atoms with Crippen LogP contribution in [0.15, 0.2) is 66.7 Å². The van der Waals surface area contributed by atoms with Crippen LogP contribution in [0.4, 0.5) is 13.2 Å². The quantitative estimate of drug-likeness (QED) is 0.298. The van der Waals surface area contributed by atoms with Gasteiger partial charge in [0.25, 0.3) is 0 Å². The van der Waals surface area contributed by atoms with Gasteiger partial charge in [-0.2, -0.15) is 13.2 Å². The van der Waals surface area contributed by atoms with Gasteiger partial charge in [0, 0.05) is 11.1 Å². The highest BCUT2D eigenvalue weighted by atomic mass is 19.4. The molecule has 0 aliphatic rings. The first kappa shape index (κ1) is 21.1. The van der Waals surface area contributed by atoms with Crippen LogP contribution < -0.4 is 9.47 Å². The third-order valence-electron chi connectivity index (χ3n) is 4.39. The molecule has 154 valence electrons. The Morgan fingerprint density at radius 1 is 1.00 bits per heavy atom. The maximum Gasteiger partial charge on any atom is 0.417 e. The van der Waals surface area contributed by atoms with E-state index in [0.717, 1.165) is 5.56 Å². The molecule has 0 fully saturated rings. The highest BCUT2D eigenvalue weighted by molar-refractivity contribution is 5.97. The van der Waals surface area contributed by atoms with E-state index in [1.807, 2.05) is 0 Å². The Morgan fingerprint density at radius 3 is 2.17 bits per heavy atom. The molecule has 0 atom stereocenters. The van der Waals surface area contributed by atoms with E-state index < -0.39 is 28.8 Å². The van der Waals surface area contributed by atoms with Crippen LogP contribution in [0.5, 0.6) is 11.5 Å². The Hall–Kier alpha value is -3.61. The highest BCUT2D eigenvalue weighted by Crippen LogP contribution is 2.38. The lowest BCUT2D eigenvalue weighted by Gasteiger charge is -2.19. The Kier molecular flexibility index (Phi) is 6.20. The Bertz CT molecular complexity index is 1050. The molecule has 7 heteroatoms. The van der Waals surface area contributed by atoms with Crippen LogP contribution in [0.1, 0.15) is 37.4 Å². The van der Waals surface area contributed by atoms with Gasteiger partial charge in [-0.05, 0) is 30.7 Å². The molecule has 4 nitrogen and oxygen atoms in total. The number of benzene rings is 3. The Morgan fingerprint density at radius 2 is 1.60 bits per heavy atom. The average Bonchev–Trinajstić information content (AvgIpc) is 2.73. The molecule has 0 radical (unpaired) electrons. The van der Waals surface area contributed by atoms with Gasteiger partial charge in [-0.15, -0.1) is 0 Å². The first-order valence-electron chi connectivity index (χ1n) is 8.95. The average molecular weight is 414 g/mol. The molecule has 3 rings (SSSR count). The zero-order valence-electron chi connectivity index (χ0n) is 15.9. The first-order valence-corrected chi connectivity index (χ1v) is 8.95. The van der Waals surface area contributed by atoms with Crippen LogP contribution in [-0.4, -0.2) is 12.3 Å². The SMILES string of the molecule is Cc1c(C=O)c(C(F)(F)F)cc(C(=O)Oc2ccccc2)c1OCc1ccccc1. The fraction of sp³-hybridized carbons (Fsp3) is 0.130. The van der Waals surface area contributed by atoms with E-state index in [2.05, 4.69) is 0 Å². The summed E-state index contributed by atoms with van der Waals surface area (Å²) in [6.45, 7) is 1.30. The van der Waals surface area contributed by atoms with E-state index in [-0.39, 0.29) is 30.0 Å². The van der Waals surface area contributed by atoms with Gasteiger partial charge in [-0.1, -0.05) is 48.5 Å². The molecule has 0 saturated carbocycles. The number of carbonyl (C=O) groups is 2. The van der Waals surface area contributed by atoms with Gasteiger partial charge in [-0.3, -0.25) is 4.79 Å². The second kappa shape index (κ2) is 8.82. The maximum absolute atomic E-state index is 13.5. The minimum atomic E-state index is -4.83. The van der Waals surface area contributed by atoms with Crippen molar-refractivity contribution in [1.29, 1.82) is 0 Å². The van der Waals surface area contributed by atoms with Crippen molar-refractivity contribution in [2.75, 3.05) is 0 Å². The predicted molar refractivity (Wildman–Crippen MR) is 104 cm³/mol. The van der Waals surface area contributed by atoms with Crippen molar-refractivity contribution >= 4 is 12.3 Å². The van der Waals surface area contributed by atoms with Crippen LogP contribution in [-0.2, 0) is 12.8 Å². The van der Waals surface area contributed by atoms with Crippen LogP contribution in [0.3, 0.4) is 0 Å². The number of alkyl halides is 3. The summed E-state index contributed by atoms with van der Waals surface area (Å²) in [5.41, 5.74) is -1.56. The smallest absolute Gasteiger partial charge is 0.417 e. The number of hydrogen-bond donors (Lipinski definition) is 0. The van der Waals surface area contributed by atoms with Crippen molar-refractivity contribution in [2.24, 2.45) is 0 Å². The molecular weight excluding hydrogens is 397 g/mol. The summed E-state index contributed by atoms with van der Waals surface area (Å²) < 4.78 is 51.5. The summed E-state index contributed by atoms with van der Waals surface area (Å²) in [6.07, 6.45) is -4.72. The van der Waals surface area contributed by atoms with Gasteiger partial charge in [0.15, 0.2) is 6.29 Å². The van der Waals surface area contributed by atoms with E-state index in [1.165, 1.54) is 19.1 Å². The number of carbonyl (C=O) groups excluding carboxylic acids is 2. The highest BCUT2D eigenvalue weighted by Gasteiger charge is 2.37. The minimum Gasteiger partial charge on any atom is -0.488 e. The van der Waals surface area contributed by atoms with Gasteiger partial charge in [0.05, 0.1) is 5.56 Å². The van der Waals surface area contributed by atoms with Crippen molar-refractivity contribution in [2.45, 2.75) is 19.7 Å². The number of halogens is 3. The molecule has 0 aliphatic heterocycles. The molecule has 3 aromatic rings. The van der Waals surface area contributed by atoms with E-state index in [1.54, 1.807) is 48.5 Å². The van der Waals surface area contributed by atoms with Gasteiger partial charge >= 0.3 is 12.1 Å². The molecule has 0 unspecified atom stereocenters. The molecule has 0 aromatic heterocycles. The first-order chi connectivity index (χ1) is 14.3. The summed E-state index contributed by atoms with van der Waals surface area (Å²) in [4.78, 5) is 24.1. The standard InChI is InChI=1S/C23H17F3O4/c1-15-19(13-27)20(23(24,25)26)12-18(22(28)30-17-10-6-3-7-11-17)21(15)29-14-16-8-4-2-5-9-16/h2-13H,14H2,1H3. The maximum atomic E-state index is 13.5. The number of para-hydroxylation sites is 1. The lowest BCUT2D eigenvalue weighted by atomic mass is 9.97. The van der Waals surface area contributed by atoms with E-state index in [4.69, 9.17) is 9.47 Å². The molecule has 30 heavy (non-hydrogen) atoms. The molecule has 3 aromatic carbocycles. The minimum absolute atomic E-state index is 0.00302. The second-order valence-electron chi connectivity index (χ2n) is 6.43. The molecule has 0 amide bonds. The number of rotatable bonds is 6. The molecule has 0 aliphatic carbocycles. The van der Waals surface area contributed by atoms with Crippen LogP contribution in [0, 0.1) is 6.92 Å². The van der Waals surface area contributed by atoms with E-state index in [0.29, 0.717) is 6.07 Å². The zero-order valence-corrected chi connectivity index (χ0v) is 15.9. The van der Waals surface area contributed by atoms with Crippen molar-refractivity contribution in [3.63, 3.8) is 0 Å². The molecular formula is C23H17F3O4. The third kappa shape index (κ3) is 4.68. The van der Waals surface area contributed by atoms with Gasteiger partial charge in [-0.25, -0.2) is 4.79 Å². The van der Waals surface area contributed by atoms with Crippen molar-refractivity contribution < 1.29 is 32.2 Å². The number of esters is 1. The van der Waals surface area contributed by atoms with Crippen LogP contribution in [0.2, 0.25) is 0 Å². The number of ether oxygens (including phenoxy) is 2. The third-order valence-corrected chi connectivity index (χ3v) is 4.39. The largest absolute Gasteiger partial charge is 0.488 e. The Labute approximate surface area is 170 Å².